The van der Waals surface area contributed by atoms with Gasteiger partial charge in [0.25, 0.3) is 6.47 Å². The zero-order chi connectivity index (χ0) is 30.9. The van der Waals surface area contributed by atoms with Gasteiger partial charge in [-0.3, -0.25) is 4.79 Å². The molecule has 1 atom stereocenters. The Morgan fingerprint density at radius 3 is 1.52 bits per heavy atom. The van der Waals surface area contributed by atoms with E-state index >= 15 is 0 Å². The summed E-state index contributed by atoms with van der Waals surface area (Å²) in [5, 5.41) is 3.13. The van der Waals surface area contributed by atoms with Crippen molar-refractivity contribution >= 4 is 41.8 Å². The van der Waals surface area contributed by atoms with E-state index in [0.717, 1.165) is 30.9 Å². The third-order valence-electron chi connectivity index (χ3n) is 9.07. The van der Waals surface area contributed by atoms with E-state index in [1.165, 1.54) is 57.0 Å². The Bertz CT molecular complexity index is 986. The van der Waals surface area contributed by atoms with Crippen molar-refractivity contribution in [2.75, 3.05) is 21.3 Å². The first kappa shape index (κ1) is 36.6. The van der Waals surface area contributed by atoms with Gasteiger partial charge in [-0.2, -0.15) is 0 Å². The standard InChI is InChI=1S/C34H58O5Si3/c1-36-42(37-2,38-3)29-19-28-41(6,7)33-25-23-32(24-26-33)40(4,5)27-18-13-11-9-8-10-12-17-22-34(39-30-35)31-20-15-14-16-21-31/h14-16,20-21,23-26,30,34H,8-13,17-19,22,27-29H2,1-7H3. The number of ether oxygens (including phenoxy) is 1. The Balaban J connectivity index is 1.65. The SMILES string of the molecule is CO[Si](CCC[Si](C)(C)c1ccc([Si](C)(C)CCCCCCCCCCC(OC=O)c2ccccc2)cc1)(OC)OC. The lowest BCUT2D eigenvalue weighted by Gasteiger charge is -2.28. The van der Waals surface area contributed by atoms with Crippen LogP contribution in [0.5, 0.6) is 0 Å². The average Bonchev–Trinajstić information content (AvgIpc) is 3.00. The highest BCUT2D eigenvalue weighted by Crippen LogP contribution is 2.24. The zero-order valence-electron chi connectivity index (χ0n) is 27.6. The van der Waals surface area contributed by atoms with Gasteiger partial charge in [0.15, 0.2) is 0 Å². The Kier molecular flexibility index (Phi) is 16.5. The summed E-state index contributed by atoms with van der Waals surface area (Å²) in [5.41, 5.74) is 1.09. The first-order valence-electron chi connectivity index (χ1n) is 16.0. The molecule has 1 unspecified atom stereocenters. The molecule has 2 aromatic carbocycles. The van der Waals surface area contributed by atoms with Crippen LogP contribution < -0.4 is 10.4 Å². The molecule has 0 bridgehead atoms. The smallest absolute Gasteiger partial charge is 0.460 e. The first-order valence-corrected chi connectivity index (χ1v) is 24.4. The lowest BCUT2D eigenvalue weighted by molar-refractivity contribution is -0.134. The van der Waals surface area contributed by atoms with Crippen LogP contribution in [0.3, 0.4) is 0 Å². The molecule has 42 heavy (non-hydrogen) atoms. The number of unbranched alkanes of at least 4 members (excludes halogenated alkanes) is 7. The summed E-state index contributed by atoms with van der Waals surface area (Å²) >= 11 is 0. The summed E-state index contributed by atoms with van der Waals surface area (Å²) in [6.07, 6.45) is 12.1. The van der Waals surface area contributed by atoms with Gasteiger partial charge in [-0.1, -0.05) is 155 Å². The Morgan fingerprint density at radius 1 is 0.595 bits per heavy atom. The van der Waals surface area contributed by atoms with Crippen LogP contribution in [0.15, 0.2) is 54.6 Å². The molecule has 2 aromatic rings. The minimum atomic E-state index is -2.48. The monoisotopic (exact) mass is 630 g/mol. The molecule has 0 aliphatic rings. The normalized spacial score (nSPS) is 13.2. The molecule has 0 heterocycles. The molecule has 5 nitrogen and oxygen atoms in total. The van der Waals surface area contributed by atoms with Gasteiger partial charge in [0.1, 0.15) is 6.10 Å². The van der Waals surface area contributed by atoms with Crippen LogP contribution in [0, 0.1) is 0 Å². The lowest BCUT2D eigenvalue weighted by Crippen LogP contribution is -2.46. The van der Waals surface area contributed by atoms with Crippen LogP contribution in [0.2, 0.25) is 44.3 Å². The molecule has 236 valence electrons. The van der Waals surface area contributed by atoms with Crippen molar-refractivity contribution in [2.24, 2.45) is 0 Å². The van der Waals surface area contributed by atoms with Crippen molar-refractivity contribution in [3.63, 3.8) is 0 Å². The fraction of sp³-hybridized carbons (Fsp3) is 0.618. The van der Waals surface area contributed by atoms with Gasteiger partial charge in [-0.25, -0.2) is 0 Å². The van der Waals surface area contributed by atoms with Gasteiger partial charge in [0.05, 0.1) is 16.1 Å². The molecular formula is C34H58O5Si3. The van der Waals surface area contributed by atoms with Crippen LogP contribution in [0.1, 0.15) is 75.9 Å². The summed E-state index contributed by atoms with van der Waals surface area (Å²) in [5.74, 6) is 0. The molecule has 0 aromatic heterocycles. The molecule has 0 spiro atoms. The predicted molar refractivity (Wildman–Crippen MR) is 184 cm³/mol. The largest absolute Gasteiger partial charge is 0.500 e. The number of rotatable bonds is 23. The summed E-state index contributed by atoms with van der Waals surface area (Å²) < 4.78 is 22.2. The lowest BCUT2D eigenvalue weighted by atomic mass is 10.0. The molecule has 0 saturated carbocycles. The van der Waals surface area contributed by atoms with E-state index in [0.29, 0.717) is 6.47 Å². The maximum absolute atomic E-state index is 10.9. The van der Waals surface area contributed by atoms with Crippen LogP contribution in [-0.2, 0) is 22.8 Å². The van der Waals surface area contributed by atoms with Crippen LogP contribution >= 0.6 is 0 Å². The summed E-state index contributed by atoms with van der Waals surface area (Å²) in [6.45, 7) is 10.6. The molecule has 2 rings (SSSR count). The van der Waals surface area contributed by atoms with E-state index < -0.39 is 25.0 Å². The van der Waals surface area contributed by atoms with E-state index in [9.17, 15) is 4.79 Å². The Morgan fingerprint density at radius 2 is 1.05 bits per heavy atom. The maximum atomic E-state index is 10.9. The van der Waals surface area contributed by atoms with Crippen LogP contribution in [0.4, 0.5) is 0 Å². The summed E-state index contributed by atoms with van der Waals surface area (Å²) in [4.78, 5) is 10.9. The maximum Gasteiger partial charge on any atom is 0.500 e. The van der Waals surface area contributed by atoms with E-state index in [-0.39, 0.29) is 6.10 Å². The third-order valence-corrected chi connectivity index (χ3v) is 18.9. The highest BCUT2D eigenvalue weighted by atomic mass is 28.4. The van der Waals surface area contributed by atoms with Crippen molar-refractivity contribution in [1.82, 2.24) is 0 Å². The molecule has 0 amide bonds. The average molecular weight is 631 g/mol. The van der Waals surface area contributed by atoms with Crippen molar-refractivity contribution in [1.29, 1.82) is 0 Å². The van der Waals surface area contributed by atoms with Gasteiger partial charge in [-0.05, 0) is 18.4 Å². The second-order valence-electron chi connectivity index (χ2n) is 13.0. The minimum Gasteiger partial charge on any atom is -0.460 e. The fourth-order valence-electron chi connectivity index (χ4n) is 5.97. The summed E-state index contributed by atoms with van der Waals surface area (Å²) in [7, 11) is -0.332. The van der Waals surface area contributed by atoms with E-state index in [2.05, 4.69) is 50.5 Å². The topological polar surface area (TPSA) is 54.0 Å². The highest BCUT2D eigenvalue weighted by molar-refractivity contribution is 6.91. The zero-order valence-corrected chi connectivity index (χ0v) is 30.6. The van der Waals surface area contributed by atoms with E-state index in [1.807, 2.05) is 30.3 Å². The number of benzene rings is 2. The molecule has 0 radical (unpaired) electrons. The van der Waals surface area contributed by atoms with Gasteiger partial charge >= 0.3 is 8.80 Å². The molecular weight excluding hydrogens is 573 g/mol. The minimum absolute atomic E-state index is 0.110. The predicted octanol–water partition coefficient (Wildman–Crippen LogP) is 8.21. The Labute approximate surface area is 260 Å². The number of carbonyl (C=O) groups is 1. The third kappa shape index (κ3) is 12.2. The Hall–Kier alpha value is -1.56. The quantitative estimate of drug-likeness (QED) is 0.0704. The van der Waals surface area contributed by atoms with Gasteiger partial charge in [0.2, 0.25) is 0 Å². The summed E-state index contributed by atoms with van der Waals surface area (Å²) in [6, 6.07) is 23.3. The molecule has 0 N–H and O–H groups in total. The number of carbonyl (C=O) groups excluding carboxylic acids is 1. The van der Waals surface area contributed by atoms with Crippen LogP contribution in [-0.4, -0.2) is 52.8 Å². The van der Waals surface area contributed by atoms with Crippen molar-refractivity contribution < 1.29 is 22.8 Å². The van der Waals surface area contributed by atoms with Crippen molar-refractivity contribution in [3.8, 4) is 0 Å². The van der Waals surface area contributed by atoms with E-state index in [4.69, 9.17) is 18.0 Å². The second-order valence-corrected chi connectivity index (χ2v) is 25.8. The molecule has 0 aliphatic carbocycles. The fourth-order valence-corrected chi connectivity index (χ4v) is 13.0. The molecule has 8 heteroatoms. The van der Waals surface area contributed by atoms with Gasteiger partial charge in [0, 0.05) is 27.4 Å². The highest BCUT2D eigenvalue weighted by Gasteiger charge is 2.38. The molecule has 0 fully saturated rings. The van der Waals surface area contributed by atoms with E-state index in [1.54, 1.807) is 31.7 Å². The first-order chi connectivity index (χ1) is 20.1. The molecule has 0 aliphatic heterocycles. The van der Waals surface area contributed by atoms with Gasteiger partial charge < -0.3 is 18.0 Å². The van der Waals surface area contributed by atoms with Crippen molar-refractivity contribution in [2.45, 2.75) is 115 Å². The molecule has 0 saturated heterocycles. The van der Waals surface area contributed by atoms with Crippen LogP contribution in [0.25, 0.3) is 0 Å². The number of hydrogen-bond donors (Lipinski definition) is 0. The van der Waals surface area contributed by atoms with Crippen molar-refractivity contribution in [3.05, 3.63) is 60.2 Å². The number of hydrogen-bond acceptors (Lipinski definition) is 5. The second kappa shape index (κ2) is 19.0. The van der Waals surface area contributed by atoms with Gasteiger partial charge in [-0.15, -0.1) is 0 Å².